The Morgan fingerprint density at radius 2 is 1.58 bits per heavy atom. The van der Waals surface area contributed by atoms with Gasteiger partial charge in [-0.15, -0.1) is 0 Å². The molecule has 2 N–H and O–H groups in total. The Bertz CT molecular complexity index is 1000. The van der Waals surface area contributed by atoms with Gasteiger partial charge in [0, 0.05) is 6.54 Å². The first-order valence-corrected chi connectivity index (χ1v) is 9.77. The number of aromatic nitrogens is 1. The molecule has 0 saturated heterocycles. The van der Waals surface area contributed by atoms with Crippen molar-refractivity contribution in [3.05, 3.63) is 83.6 Å². The fourth-order valence-corrected chi connectivity index (χ4v) is 3.87. The molecule has 26 heavy (non-hydrogen) atoms. The molecule has 0 saturated carbocycles. The Kier molecular flexibility index (Phi) is 5.23. The SMILES string of the molecule is Cc1ccccc1CNc1ccc(NS(=O)(=O)c2ccccc2C)nc1. The molecule has 0 amide bonds. The number of nitrogens with zero attached hydrogens (tertiary/aromatic N) is 1. The second-order valence-electron chi connectivity index (χ2n) is 6.08. The van der Waals surface area contributed by atoms with Crippen LogP contribution in [0.15, 0.2) is 71.8 Å². The van der Waals surface area contributed by atoms with Crippen molar-refractivity contribution in [1.29, 1.82) is 0 Å². The van der Waals surface area contributed by atoms with E-state index in [1.807, 2.05) is 18.2 Å². The number of pyridine rings is 1. The van der Waals surface area contributed by atoms with Crippen molar-refractivity contribution in [2.75, 3.05) is 10.0 Å². The summed E-state index contributed by atoms with van der Waals surface area (Å²) >= 11 is 0. The van der Waals surface area contributed by atoms with E-state index in [1.54, 1.807) is 43.5 Å². The number of aryl methyl sites for hydroxylation is 2. The summed E-state index contributed by atoms with van der Waals surface area (Å²) in [5.74, 6) is 0.287. The summed E-state index contributed by atoms with van der Waals surface area (Å²) in [5.41, 5.74) is 3.94. The zero-order chi connectivity index (χ0) is 18.6. The van der Waals surface area contributed by atoms with Gasteiger partial charge in [-0.1, -0.05) is 42.5 Å². The maximum absolute atomic E-state index is 12.5. The van der Waals surface area contributed by atoms with Crippen molar-refractivity contribution >= 4 is 21.5 Å². The van der Waals surface area contributed by atoms with Crippen molar-refractivity contribution < 1.29 is 8.42 Å². The summed E-state index contributed by atoms with van der Waals surface area (Å²) in [6.45, 7) is 4.52. The molecule has 0 radical (unpaired) electrons. The molecule has 1 aromatic heterocycles. The molecule has 0 fully saturated rings. The second-order valence-corrected chi connectivity index (χ2v) is 7.73. The van der Waals surface area contributed by atoms with Gasteiger partial charge in [0.05, 0.1) is 16.8 Å². The minimum absolute atomic E-state index is 0.253. The summed E-state index contributed by atoms with van der Waals surface area (Å²) in [6, 6.07) is 18.5. The van der Waals surface area contributed by atoms with Crippen molar-refractivity contribution in [2.45, 2.75) is 25.3 Å². The van der Waals surface area contributed by atoms with Crippen LogP contribution in [0.2, 0.25) is 0 Å². The van der Waals surface area contributed by atoms with Crippen LogP contribution in [-0.4, -0.2) is 13.4 Å². The molecule has 0 unspecified atom stereocenters. The minimum Gasteiger partial charge on any atom is -0.380 e. The van der Waals surface area contributed by atoms with Gasteiger partial charge in [0.25, 0.3) is 10.0 Å². The second kappa shape index (κ2) is 7.58. The normalized spacial score (nSPS) is 11.2. The first kappa shape index (κ1) is 17.9. The van der Waals surface area contributed by atoms with Crippen LogP contribution in [0.25, 0.3) is 0 Å². The van der Waals surface area contributed by atoms with Crippen LogP contribution in [-0.2, 0) is 16.6 Å². The highest BCUT2D eigenvalue weighted by atomic mass is 32.2. The van der Waals surface area contributed by atoms with E-state index >= 15 is 0 Å². The van der Waals surface area contributed by atoms with E-state index in [2.05, 4.69) is 34.1 Å². The van der Waals surface area contributed by atoms with E-state index in [9.17, 15) is 8.42 Å². The van der Waals surface area contributed by atoms with E-state index < -0.39 is 10.0 Å². The predicted octanol–water partition coefficient (Wildman–Crippen LogP) is 4.11. The number of rotatable bonds is 6. The molecule has 0 aliphatic rings. The van der Waals surface area contributed by atoms with Gasteiger partial charge in [0.1, 0.15) is 5.82 Å². The molecule has 6 heteroatoms. The van der Waals surface area contributed by atoms with E-state index in [4.69, 9.17) is 0 Å². The summed E-state index contributed by atoms with van der Waals surface area (Å²) in [7, 11) is -3.65. The first-order chi connectivity index (χ1) is 12.5. The molecule has 3 rings (SSSR count). The lowest BCUT2D eigenvalue weighted by atomic mass is 10.1. The zero-order valence-corrected chi connectivity index (χ0v) is 15.5. The van der Waals surface area contributed by atoms with Gasteiger partial charge in [-0.25, -0.2) is 13.4 Å². The standard InChI is InChI=1S/C20H21N3O2S/c1-15-7-3-5-9-17(15)13-21-18-11-12-20(22-14-18)23-26(24,25)19-10-6-4-8-16(19)2/h3-12,14,21H,13H2,1-2H3,(H,22,23). The molecule has 134 valence electrons. The third-order valence-corrected chi connectivity index (χ3v) is 5.64. The van der Waals surface area contributed by atoms with Crippen LogP contribution < -0.4 is 10.0 Å². The van der Waals surface area contributed by atoms with E-state index in [0.29, 0.717) is 12.1 Å². The Hall–Kier alpha value is -2.86. The third-order valence-electron chi connectivity index (χ3n) is 4.13. The Morgan fingerprint density at radius 3 is 2.23 bits per heavy atom. The first-order valence-electron chi connectivity index (χ1n) is 8.28. The number of nitrogens with one attached hydrogen (secondary N) is 2. The van der Waals surface area contributed by atoms with Crippen molar-refractivity contribution in [2.24, 2.45) is 0 Å². The largest absolute Gasteiger partial charge is 0.380 e. The molecule has 0 spiro atoms. The van der Waals surface area contributed by atoms with Crippen LogP contribution >= 0.6 is 0 Å². The number of sulfonamides is 1. The van der Waals surface area contributed by atoms with Crippen LogP contribution in [0.5, 0.6) is 0 Å². The fourth-order valence-electron chi connectivity index (χ4n) is 2.62. The topological polar surface area (TPSA) is 71.1 Å². The summed E-state index contributed by atoms with van der Waals surface area (Å²) in [6.07, 6.45) is 1.62. The molecule has 3 aromatic rings. The number of hydrogen-bond acceptors (Lipinski definition) is 4. The number of hydrogen-bond donors (Lipinski definition) is 2. The third kappa shape index (κ3) is 4.21. The predicted molar refractivity (Wildman–Crippen MR) is 105 cm³/mol. The highest BCUT2D eigenvalue weighted by molar-refractivity contribution is 7.92. The van der Waals surface area contributed by atoms with E-state index in [1.165, 1.54) is 11.1 Å². The van der Waals surface area contributed by atoms with Gasteiger partial charge >= 0.3 is 0 Å². The maximum atomic E-state index is 12.5. The van der Waals surface area contributed by atoms with Gasteiger partial charge in [0.2, 0.25) is 0 Å². The zero-order valence-electron chi connectivity index (χ0n) is 14.7. The van der Waals surface area contributed by atoms with Gasteiger partial charge in [0.15, 0.2) is 0 Å². The highest BCUT2D eigenvalue weighted by Gasteiger charge is 2.16. The van der Waals surface area contributed by atoms with Gasteiger partial charge in [-0.05, 0) is 48.7 Å². The van der Waals surface area contributed by atoms with Gasteiger partial charge < -0.3 is 5.32 Å². The molecule has 0 aliphatic heterocycles. The quantitative estimate of drug-likeness (QED) is 0.688. The summed E-state index contributed by atoms with van der Waals surface area (Å²) in [5, 5.41) is 3.29. The number of anilines is 2. The lowest BCUT2D eigenvalue weighted by Crippen LogP contribution is -2.15. The minimum atomic E-state index is -3.65. The molecule has 5 nitrogen and oxygen atoms in total. The molecule has 2 aromatic carbocycles. The molecule has 0 atom stereocenters. The van der Waals surface area contributed by atoms with Crippen LogP contribution in [0.1, 0.15) is 16.7 Å². The smallest absolute Gasteiger partial charge is 0.263 e. The van der Waals surface area contributed by atoms with Crippen molar-refractivity contribution in [3.63, 3.8) is 0 Å². The van der Waals surface area contributed by atoms with Crippen molar-refractivity contribution in [3.8, 4) is 0 Å². The van der Waals surface area contributed by atoms with E-state index in [-0.39, 0.29) is 10.7 Å². The Balaban J connectivity index is 1.68. The average molecular weight is 367 g/mol. The van der Waals surface area contributed by atoms with Crippen LogP contribution in [0.3, 0.4) is 0 Å². The lowest BCUT2D eigenvalue weighted by Gasteiger charge is -2.11. The van der Waals surface area contributed by atoms with Crippen LogP contribution in [0.4, 0.5) is 11.5 Å². The molecular weight excluding hydrogens is 346 g/mol. The van der Waals surface area contributed by atoms with Crippen LogP contribution in [0, 0.1) is 13.8 Å². The average Bonchev–Trinajstić information content (AvgIpc) is 2.62. The van der Waals surface area contributed by atoms with Gasteiger partial charge in [-0.3, -0.25) is 4.72 Å². The molecule has 0 bridgehead atoms. The maximum Gasteiger partial charge on any atom is 0.263 e. The summed E-state index contributed by atoms with van der Waals surface area (Å²) < 4.78 is 27.5. The Morgan fingerprint density at radius 1 is 0.885 bits per heavy atom. The molecule has 0 aliphatic carbocycles. The molecular formula is C20H21N3O2S. The number of benzene rings is 2. The van der Waals surface area contributed by atoms with Crippen molar-refractivity contribution in [1.82, 2.24) is 4.98 Å². The fraction of sp³-hybridized carbons (Fsp3) is 0.150. The Labute approximate surface area is 154 Å². The lowest BCUT2D eigenvalue weighted by molar-refractivity contribution is 0.600. The monoisotopic (exact) mass is 367 g/mol. The summed E-state index contributed by atoms with van der Waals surface area (Å²) in [4.78, 5) is 4.45. The van der Waals surface area contributed by atoms with E-state index in [0.717, 1.165) is 5.69 Å². The van der Waals surface area contributed by atoms with Gasteiger partial charge in [-0.2, -0.15) is 0 Å². The highest BCUT2D eigenvalue weighted by Crippen LogP contribution is 2.19. The molecule has 1 heterocycles.